The fraction of sp³-hybridized carbons (Fsp3) is 0.333. The molecule has 6 heteroatoms. The number of likely N-dealkylation sites (tertiary alicyclic amines) is 1. The number of nitrogens with zero attached hydrogens (tertiary/aromatic N) is 3. The van der Waals surface area contributed by atoms with Gasteiger partial charge in [0.05, 0.1) is 24.3 Å². The van der Waals surface area contributed by atoms with Crippen LogP contribution in [0.5, 0.6) is 0 Å². The Hall–Kier alpha value is -2.44. The van der Waals surface area contributed by atoms with Gasteiger partial charge in [0.25, 0.3) is 0 Å². The maximum Gasteiger partial charge on any atom is 0.223 e. The molecule has 0 saturated carbocycles. The van der Waals surface area contributed by atoms with Gasteiger partial charge in [-0.1, -0.05) is 52.3 Å². The van der Waals surface area contributed by atoms with E-state index < -0.39 is 5.54 Å². The SMILES string of the molecule is O=C(CCC1(c2ccc(Br)cc2)c2ccccc2-c2nccn21)N1C[C@@H]2C[C@@H]1CO2. The van der Waals surface area contributed by atoms with Crippen LogP contribution in [0.2, 0.25) is 0 Å². The molecule has 3 aromatic rings. The molecule has 0 radical (unpaired) electrons. The molecule has 2 fully saturated rings. The largest absolute Gasteiger partial charge is 0.374 e. The Labute approximate surface area is 183 Å². The third-order valence-electron chi connectivity index (χ3n) is 6.91. The highest BCUT2D eigenvalue weighted by molar-refractivity contribution is 9.10. The Balaban J connectivity index is 1.42. The number of hydrogen-bond acceptors (Lipinski definition) is 3. The minimum Gasteiger partial charge on any atom is -0.374 e. The van der Waals surface area contributed by atoms with E-state index in [0.717, 1.165) is 28.8 Å². The van der Waals surface area contributed by atoms with Gasteiger partial charge in [-0.05, 0) is 36.1 Å². The molecule has 3 aliphatic rings. The third-order valence-corrected chi connectivity index (χ3v) is 7.44. The molecule has 30 heavy (non-hydrogen) atoms. The van der Waals surface area contributed by atoms with Gasteiger partial charge in [0.1, 0.15) is 5.82 Å². The average molecular weight is 464 g/mol. The number of rotatable bonds is 4. The van der Waals surface area contributed by atoms with Gasteiger partial charge < -0.3 is 14.2 Å². The molecule has 3 aliphatic heterocycles. The van der Waals surface area contributed by atoms with E-state index in [0.29, 0.717) is 19.4 Å². The van der Waals surface area contributed by atoms with Crippen LogP contribution in [0.4, 0.5) is 0 Å². The number of benzene rings is 2. The average Bonchev–Trinajstić information content (AvgIpc) is 3.55. The van der Waals surface area contributed by atoms with Crippen LogP contribution in [-0.2, 0) is 15.1 Å². The molecular formula is C24H22BrN3O2. The van der Waals surface area contributed by atoms with Crippen LogP contribution in [0.15, 0.2) is 65.4 Å². The predicted molar refractivity (Wildman–Crippen MR) is 117 cm³/mol. The molecule has 0 spiro atoms. The fourth-order valence-electron chi connectivity index (χ4n) is 5.54. The number of carbonyl (C=O) groups excluding carboxylic acids is 1. The summed E-state index contributed by atoms with van der Waals surface area (Å²) in [4.78, 5) is 19.9. The zero-order chi connectivity index (χ0) is 20.3. The van der Waals surface area contributed by atoms with Crippen molar-refractivity contribution >= 4 is 21.8 Å². The summed E-state index contributed by atoms with van der Waals surface area (Å²) in [6, 6.07) is 17.2. The van der Waals surface area contributed by atoms with Crippen molar-refractivity contribution in [3.05, 3.63) is 76.5 Å². The van der Waals surface area contributed by atoms with Gasteiger partial charge in [0.15, 0.2) is 0 Å². The molecule has 6 rings (SSSR count). The number of hydrogen-bond donors (Lipinski definition) is 0. The topological polar surface area (TPSA) is 47.4 Å². The summed E-state index contributed by atoms with van der Waals surface area (Å²) in [5.41, 5.74) is 3.10. The standard InChI is InChI=1S/C24H22BrN3O2/c25-17-7-5-16(6-8-17)24(10-9-22(29)27-14-19-13-18(27)15-30-19)21-4-2-1-3-20(21)23-26-11-12-28(23)24/h1-8,11-12,18-19H,9-10,13-15H2/t18-,19+,24?/m1/s1. The van der Waals surface area contributed by atoms with Crippen LogP contribution in [0.25, 0.3) is 11.4 Å². The third kappa shape index (κ3) is 2.56. The summed E-state index contributed by atoms with van der Waals surface area (Å²) >= 11 is 3.56. The Kier molecular flexibility index (Phi) is 4.15. The van der Waals surface area contributed by atoms with Crippen LogP contribution >= 0.6 is 15.9 Å². The smallest absolute Gasteiger partial charge is 0.223 e. The first-order chi connectivity index (χ1) is 14.7. The minimum absolute atomic E-state index is 0.229. The Morgan fingerprint density at radius 3 is 2.80 bits per heavy atom. The van der Waals surface area contributed by atoms with E-state index in [1.165, 1.54) is 11.1 Å². The number of morpholine rings is 1. The highest BCUT2D eigenvalue weighted by Gasteiger charge is 2.46. The van der Waals surface area contributed by atoms with E-state index in [2.05, 4.69) is 74.0 Å². The van der Waals surface area contributed by atoms with Crippen molar-refractivity contribution in [3.63, 3.8) is 0 Å². The van der Waals surface area contributed by atoms with Gasteiger partial charge in [-0.25, -0.2) is 4.98 Å². The number of aromatic nitrogens is 2. The number of imidazole rings is 1. The van der Waals surface area contributed by atoms with Crippen molar-refractivity contribution in [3.8, 4) is 11.4 Å². The summed E-state index contributed by atoms with van der Waals surface area (Å²) in [6.45, 7) is 1.42. The summed E-state index contributed by atoms with van der Waals surface area (Å²) in [7, 11) is 0. The zero-order valence-corrected chi connectivity index (χ0v) is 18.1. The first-order valence-electron chi connectivity index (χ1n) is 10.5. The minimum atomic E-state index is -0.436. The molecule has 2 aromatic carbocycles. The predicted octanol–water partition coefficient (Wildman–Crippen LogP) is 4.20. The first kappa shape index (κ1) is 18.3. The van der Waals surface area contributed by atoms with Crippen molar-refractivity contribution in [1.82, 2.24) is 14.5 Å². The Bertz CT molecular complexity index is 1130. The Morgan fingerprint density at radius 2 is 2.03 bits per heavy atom. The molecule has 2 saturated heterocycles. The van der Waals surface area contributed by atoms with Gasteiger partial charge in [0.2, 0.25) is 5.91 Å². The van der Waals surface area contributed by atoms with Crippen molar-refractivity contribution in [2.45, 2.75) is 36.9 Å². The number of amides is 1. The van der Waals surface area contributed by atoms with Crippen molar-refractivity contribution in [1.29, 1.82) is 0 Å². The highest BCUT2D eigenvalue weighted by Crippen LogP contribution is 2.49. The molecule has 1 amide bonds. The molecular weight excluding hydrogens is 442 g/mol. The van der Waals surface area contributed by atoms with Crippen molar-refractivity contribution < 1.29 is 9.53 Å². The highest BCUT2D eigenvalue weighted by atomic mass is 79.9. The molecule has 1 aromatic heterocycles. The summed E-state index contributed by atoms with van der Waals surface area (Å²) < 4.78 is 8.98. The maximum atomic E-state index is 13.2. The molecule has 2 bridgehead atoms. The van der Waals surface area contributed by atoms with E-state index in [-0.39, 0.29) is 18.1 Å². The fourth-order valence-corrected chi connectivity index (χ4v) is 5.80. The molecule has 0 aliphatic carbocycles. The van der Waals surface area contributed by atoms with Crippen molar-refractivity contribution in [2.75, 3.05) is 13.2 Å². The Morgan fingerprint density at radius 1 is 1.20 bits per heavy atom. The van der Waals surface area contributed by atoms with Gasteiger partial charge in [-0.15, -0.1) is 0 Å². The number of halogens is 1. The molecule has 4 heterocycles. The monoisotopic (exact) mass is 463 g/mol. The van der Waals surface area contributed by atoms with Crippen LogP contribution in [0.3, 0.4) is 0 Å². The van der Waals surface area contributed by atoms with Crippen LogP contribution in [-0.4, -0.2) is 45.7 Å². The second-order valence-electron chi connectivity index (χ2n) is 8.42. The van der Waals surface area contributed by atoms with Gasteiger partial charge in [-0.3, -0.25) is 4.79 Å². The lowest BCUT2D eigenvalue weighted by molar-refractivity contribution is -0.136. The molecule has 1 unspecified atom stereocenters. The number of carbonyl (C=O) groups is 1. The summed E-state index contributed by atoms with van der Waals surface area (Å²) in [6.07, 6.45) is 6.31. The zero-order valence-electron chi connectivity index (χ0n) is 16.5. The van der Waals surface area contributed by atoms with Crippen molar-refractivity contribution in [2.24, 2.45) is 0 Å². The lowest BCUT2D eigenvalue weighted by Gasteiger charge is -2.35. The second kappa shape index (κ2) is 6.79. The summed E-state index contributed by atoms with van der Waals surface area (Å²) in [5.74, 6) is 1.20. The van der Waals surface area contributed by atoms with E-state index in [1.807, 2.05) is 17.3 Å². The number of fused-ring (bicyclic) bond motifs is 5. The lowest BCUT2D eigenvalue weighted by Crippen LogP contribution is -2.42. The summed E-state index contributed by atoms with van der Waals surface area (Å²) in [5, 5.41) is 0. The van der Waals surface area contributed by atoms with Crippen LogP contribution < -0.4 is 0 Å². The normalized spacial score (nSPS) is 26.1. The van der Waals surface area contributed by atoms with E-state index in [4.69, 9.17) is 4.74 Å². The molecule has 3 atom stereocenters. The second-order valence-corrected chi connectivity index (χ2v) is 9.34. The van der Waals surface area contributed by atoms with E-state index in [9.17, 15) is 4.79 Å². The maximum absolute atomic E-state index is 13.2. The molecule has 0 N–H and O–H groups in total. The van der Waals surface area contributed by atoms with Gasteiger partial charge in [-0.2, -0.15) is 0 Å². The van der Waals surface area contributed by atoms with Gasteiger partial charge >= 0.3 is 0 Å². The van der Waals surface area contributed by atoms with Crippen LogP contribution in [0.1, 0.15) is 30.4 Å². The van der Waals surface area contributed by atoms with Crippen LogP contribution in [0, 0.1) is 0 Å². The lowest BCUT2D eigenvalue weighted by atomic mass is 9.79. The number of ether oxygens (including phenoxy) is 1. The van der Waals surface area contributed by atoms with E-state index >= 15 is 0 Å². The van der Waals surface area contributed by atoms with E-state index in [1.54, 1.807) is 0 Å². The molecule has 5 nitrogen and oxygen atoms in total. The molecule has 152 valence electrons. The quantitative estimate of drug-likeness (QED) is 0.582. The first-order valence-corrected chi connectivity index (χ1v) is 11.3. The van der Waals surface area contributed by atoms with Gasteiger partial charge in [0, 0.05) is 35.4 Å².